The Bertz CT molecular complexity index is 492. The molecular weight excluding hydrogens is 243 g/mol. The number of halogens is 1. The zero-order valence-electron chi connectivity index (χ0n) is 10.7. The van der Waals surface area contributed by atoms with E-state index in [0.29, 0.717) is 5.92 Å². The van der Waals surface area contributed by atoms with Crippen LogP contribution >= 0.6 is 0 Å². The minimum atomic E-state index is -0.290. The second-order valence-corrected chi connectivity index (χ2v) is 5.54. The van der Waals surface area contributed by atoms with E-state index in [1.165, 1.54) is 37.5 Å². The summed E-state index contributed by atoms with van der Waals surface area (Å²) in [5, 5.41) is 0. The quantitative estimate of drug-likeness (QED) is 0.613. The van der Waals surface area contributed by atoms with Gasteiger partial charge in [-0.1, -0.05) is 12.1 Å². The molecule has 100 valence electrons. The molecule has 0 N–H and O–H groups in total. The zero-order chi connectivity index (χ0) is 13.2. The molecule has 3 unspecified atom stereocenters. The van der Waals surface area contributed by atoms with Crippen molar-refractivity contribution in [3.05, 3.63) is 41.7 Å². The molecule has 2 fully saturated rings. The highest BCUT2D eigenvalue weighted by molar-refractivity contribution is 5.87. The highest BCUT2D eigenvalue weighted by Crippen LogP contribution is 2.45. The summed E-state index contributed by atoms with van der Waals surface area (Å²) in [5.41, 5.74) is 0.797. The van der Waals surface area contributed by atoms with E-state index >= 15 is 0 Å². The third-order valence-electron chi connectivity index (χ3n) is 4.22. The Morgan fingerprint density at radius 3 is 2.63 bits per heavy atom. The van der Waals surface area contributed by atoms with E-state index in [9.17, 15) is 9.18 Å². The van der Waals surface area contributed by atoms with E-state index in [-0.39, 0.29) is 17.9 Å². The lowest BCUT2D eigenvalue weighted by atomic mass is 9.98. The Hall–Kier alpha value is -1.64. The molecule has 2 aliphatic carbocycles. The molecule has 0 aliphatic heterocycles. The van der Waals surface area contributed by atoms with E-state index in [1.807, 2.05) is 0 Å². The Balaban J connectivity index is 1.55. The highest BCUT2D eigenvalue weighted by Gasteiger charge is 2.41. The third-order valence-corrected chi connectivity index (χ3v) is 4.22. The molecule has 0 amide bonds. The number of ether oxygens (including phenoxy) is 1. The zero-order valence-corrected chi connectivity index (χ0v) is 10.7. The molecule has 0 radical (unpaired) electrons. The minimum absolute atomic E-state index is 0.115. The Morgan fingerprint density at radius 2 is 2.00 bits per heavy atom. The smallest absolute Gasteiger partial charge is 0.331 e. The molecule has 0 saturated heterocycles. The van der Waals surface area contributed by atoms with Crippen LogP contribution in [-0.2, 0) is 9.53 Å². The summed E-state index contributed by atoms with van der Waals surface area (Å²) in [7, 11) is 0. The van der Waals surface area contributed by atoms with Crippen LogP contribution < -0.4 is 0 Å². The van der Waals surface area contributed by atoms with Gasteiger partial charge in [0, 0.05) is 6.08 Å². The van der Waals surface area contributed by atoms with Crippen LogP contribution in [0, 0.1) is 17.7 Å². The van der Waals surface area contributed by atoms with Crippen molar-refractivity contribution in [2.24, 2.45) is 11.8 Å². The Morgan fingerprint density at radius 1 is 1.21 bits per heavy atom. The average Bonchev–Trinajstić information content (AvgIpc) is 3.00. The molecule has 0 heterocycles. The van der Waals surface area contributed by atoms with Crippen LogP contribution in [0.4, 0.5) is 4.39 Å². The van der Waals surface area contributed by atoms with Gasteiger partial charge in [0.2, 0.25) is 0 Å². The number of hydrogen-bond donors (Lipinski definition) is 0. The van der Waals surface area contributed by atoms with Crippen molar-refractivity contribution in [1.82, 2.24) is 0 Å². The third kappa shape index (κ3) is 2.86. The van der Waals surface area contributed by atoms with Gasteiger partial charge in [-0.25, -0.2) is 9.18 Å². The molecule has 3 rings (SSSR count). The summed E-state index contributed by atoms with van der Waals surface area (Å²) < 4.78 is 18.2. The molecule has 0 aromatic heterocycles. The van der Waals surface area contributed by atoms with Crippen molar-refractivity contribution >= 4 is 12.0 Å². The van der Waals surface area contributed by atoms with E-state index in [2.05, 4.69) is 0 Å². The first-order valence-corrected chi connectivity index (χ1v) is 6.85. The number of benzene rings is 1. The van der Waals surface area contributed by atoms with E-state index in [4.69, 9.17) is 4.74 Å². The summed E-state index contributed by atoms with van der Waals surface area (Å²) in [4.78, 5) is 11.7. The summed E-state index contributed by atoms with van der Waals surface area (Å²) in [6.45, 7) is 0. The summed E-state index contributed by atoms with van der Waals surface area (Å²) >= 11 is 0. The maximum absolute atomic E-state index is 12.7. The molecular formula is C16H17FO2. The number of esters is 1. The molecule has 2 nitrogen and oxygen atoms in total. The number of hydrogen-bond acceptors (Lipinski definition) is 2. The number of rotatable bonds is 3. The van der Waals surface area contributed by atoms with Gasteiger partial charge in [0.15, 0.2) is 0 Å². The van der Waals surface area contributed by atoms with Gasteiger partial charge in [-0.15, -0.1) is 0 Å². The average molecular weight is 260 g/mol. The Kier molecular flexibility index (Phi) is 3.36. The van der Waals surface area contributed by atoms with Crippen LogP contribution in [0.1, 0.15) is 31.2 Å². The SMILES string of the molecule is O=C(/C=C/c1ccc(F)cc1)OC1CC2CCC1C2. The predicted molar refractivity (Wildman–Crippen MR) is 70.8 cm³/mol. The van der Waals surface area contributed by atoms with Gasteiger partial charge in [0.05, 0.1) is 0 Å². The molecule has 2 bridgehead atoms. The second kappa shape index (κ2) is 5.16. The van der Waals surface area contributed by atoms with Crippen LogP contribution in [0.2, 0.25) is 0 Å². The lowest BCUT2D eigenvalue weighted by Gasteiger charge is -2.20. The van der Waals surface area contributed by atoms with Crippen LogP contribution in [0.5, 0.6) is 0 Å². The fourth-order valence-corrected chi connectivity index (χ4v) is 3.26. The van der Waals surface area contributed by atoms with Crippen molar-refractivity contribution in [2.45, 2.75) is 31.8 Å². The van der Waals surface area contributed by atoms with Gasteiger partial charge in [-0.2, -0.15) is 0 Å². The molecule has 2 aliphatic rings. The molecule has 3 atom stereocenters. The molecule has 1 aromatic carbocycles. The molecule has 1 aromatic rings. The molecule has 2 saturated carbocycles. The fourth-order valence-electron chi connectivity index (χ4n) is 3.26. The summed E-state index contributed by atoms with van der Waals surface area (Å²) in [5.74, 6) is 0.778. The summed E-state index contributed by atoms with van der Waals surface area (Å²) in [6.07, 6.45) is 7.95. The maximum atomic E-state index is 12.7. The lowest BCUT2D eigenvalue weighted by molar-refractivity contribution is -0.145. The maximum Gasteiger partial charge on any atom is 0.331 e. The van der Waals surface area contributed by atoms with Crippen molar-refractivity contribution in [1.29, 1.82) is 0 Å². The highest BCUT2D eigenvalue weighted by atomic mass is 19.1. The summed E-state index contributed by atoms with van der Waals surface area (Å²) in [6, 6.07) is 6.02. The van der Waals surface area contributed by atoms with Gasteiger partial charge >= 0.3 is 5.97 Å². The van der Waals surface area contributed by atoms with Gasteiger partial charge in [-0.05, 0) is 61.3 Å². The fraction of sp³-hybridized carbons (Fsp3) is 0.438. The molecule has 0 spiro atoms. The van der Waals surface area contributed by atoms with Crippen LogP contribution in [-0.4, -0.2) is 12.1 Å². The van der Waals surface area contributed by atoms with Crippen LogP contribution in [0.15, 0.2) is 30.3 Å². The van der Waals surface area contributed by atoms with Crippen molar-refractivity contribution in [3.8, 4) is 0 Å². The number of carbonyl (C=O) groups is 1. The first-order valence-electron chi connectivity index (χ1n) is 6.85. The first kappa shape index (κ1) is 12.4. The van der Waals surface area contributed by atoms with E-state index < -0.39 is 0 Å². The van der Waals surface area contributed by atoms with Crippen LogP contribution in [0.25, 0.3) is 6.08 Å². The normalized spacial score (nSPS) is 29.0. The van der Waals surface area contributed by atoms with Crippen LogP contribution in [0.3, 0.4) is 0 Å². The predicted octanol–water partition coefficient (Wildman–Crippen LogP) is 3.57. The number of fused-ring (bicyclic) bond motifs is 2. The second-order valence-electron chi connectivity index (χ2n) is 5.54. The monoisotopic (exact) mass is 260 g/mol. The molecule has 3 heteroatoms. The topological polar surface area (TPSA) is 26.3 Å². The largest absolute Gasteiger partial charge is 0.459 e. The standard InChI is InChI=1S/C16H17FO2/c17-14-6-2-11(3-7-14)4-8-16(18)19-15-10-12-1-5-13(15)9-12/h2-4,6-8,12-13,15H,1,5,9-10H2/b8-4+. The van der Waals surface area contributed by atoms with E-state index in [1.54, 1.807) is 18.2 Å². The lowest BCUT2D eigenvalue weighted by Crippen LogP contribution is -2.22. The van der Waals surface area contributed by atoms with Gasteiger partial charge < -0.3 is 4.74 Å². The molecule has 19 heavy (non-hydrogen) atoms. The van der Waals surface area contributed by atoms with E-state index in [0.717, 1.165) is 17.9 Å². The first-order chi connectivity index (χ1) is 9.20. The Labute approximate surface area is 112 Å². The number of carbonyl (C=O) groups excluding carboxylic acids is 1. The van der Waals surface area contributed by atoms with Crippen molar-refractivity contribution in [3.63, 3.8) is 0 Å². The van der Waals surface area contributed by atoms with Crippen molar-refractivity contribution in [2.75, 3.05) is 0 Å². The van der Waals surface area contributed by atoms with Gasteiger partial charge in [0.25, 0.3) is 0 Å². The minimum Gasteiger partial charge on any atom is -0.459 e. The van der Waals surface area contributed by atoms with Gasteiger partial charge in [0.1, 0.15) is 11.9 Å². The van der Waals surface area contributed by atoms with Crippen molar-refractivity contribution < 1.29 is 13.9 Å². The van der Waals surface area contributed by atoms with Gasteiger partial charge in [-0.3, -0.25) is 0 Å².